The third-order valence-corrected chi connectivity index (χ3v) is 4.74. The minimum Gasteiger partial charge on any atom is -0.312 e. The van der Waals surface area contributed by atoms with Crippen molar-refractivity contribution in [2.24, 2.45) is 5.92 Å². The van der Waals surface area contributed by atoms with Gasteiger partial charge < -0.3 is 5.32 Å². The number of hydrogen-bond acceptors (Lipinski definition) is 2. The molecule has 16 heavy (non-hydrogen) atoms. The quantitative estimate of drug-likeness (QED) is 0.896. The predicted molar refractivity (Wildman–Crippen MR) is 73.6 cm³/mol. The summed E-state index contributed by atoms with van der Waals surface area (Å²) in [4.78, 5) is 0. The lowest BCUT2D eigenvalue weighted by molar-refractivity contribution is 0.523. The molecule has 0 aromatic heterocycles. The third-order valence-electron chi connectivity index (χ3n) is 2.77. The number of halogens is 2. The van der Waals surface area contributed by atoms with Crippen LogP contribution in [0.5, 0.6) is 0 Å². The average molecular weight is 276 g/mol. The molecule has 0 saturated carbocycles. The minimum atomic E-state index is 0.623. The number of thioether (sulfide) groups is 1. The van der Waals surface area contributed by atoms with E-state index in [1.165, 1.54) is 23.5 Å². The van der Waals surface area contributed by atoms with Crippen LogP contribution in [0.15, 0.2) is 18.2 Å². The smallest absolute Gasteiger partial charge is 0.0595 e. The molecular weight excluding hydrogens is 261 g/mol. The molecule has 0 radical (unpaired) electrons. The predicted octanol–water partition coefficient (Wildman–Crippen LogP) is 3.84. The molecule has 1 saturated heterocycles. The van der Waals surface area contributed by atoms with Gasteiger partial charge in [-0.15, -0.1) is 0 Å². The Morgan fingerprint density at radius 2 is 2.19 bits per heavy atom. The Labute approximate surface area is 111 Å². The molecular formula is C12H15Cl2NS. The third kappa shape index (κ3) is 3.56. The van der Waals surface area contributed by atoms with Crippen LogP contribution >= 0.6 is 35.0 Å². The molecule has 0 aliphatic carbocycles. The molecule has 1 nitrogen and oxygen atoms in total. The molecule has 0 bridgehead atoms. The summed E-state index contributed by atoms with van der Waals surface area (Å²) >= 11 is 13.9. The van der Waals surface area contributed by atoms with Gasteiger partial charge in [0.15, 0.2) is 0 Å². The normalized spacial score (nSPS) is 20.2. The van der Waals surface area contributed by atoms with E-state index in [1.807, 2.05) is 18.2 Å². The molecule has 1 aromatic rings. The summed E-state index contributed by atoms with van der Waals surface area (Å²) < 4.78 is 0. The maximum absolute atomic E-state index is 5.96. The molecule has 0 amide bonds. The molecule has 2 rings (SSSR count). The van der Waals surface area contributed by atoms with Gasteiger partial charge in [0.25, 0.3) is 0 Å². The summed E-state index contributed by atoms with van der Waals surface area (Å²) in [5.41, 5.74) is 1.19. The minimum absolute atomic E-state index is 0.623. The zero-order valence-electron chi connectivity index (χ0n) is 9.01. The molecule has 1 fully saturated rings. The van der Waals surface area contributed by atoms with Gasteiger partial charge >= 0.3 is 0 Å². The highest BCUT2D eigenvalue weighted by molar-refractivity contribution is 7.99. The van der Waals surface area contributed by atoms with Gasteiger partial charge in [-0.05, 0) is 48.1 Å². The zero-order chi connectivity index (χ0) is 11.4. The fourth-order valence-corrected chi connectivity index (χ4v) is 3.42. The highest BCUT2D eigenvalue weighted by Crippen LogP contribution is 2.24. The van der Waals surface area contributed by atoms with Gasteiger partial charge in [-0.1, -0.05) is 29.3 Å². The van der Waals surface area contributed by atoms with Crippen LogP contribution in [0, 0.1) is 5.92 Å². The van der Waals surface area contributed by atoms with Crippen LogP contribution in [0.3, 0.4) is 0 Å². The Balaban J connectivity index is 1.78. The van der Waals surface area contributed by atoms with E-state index in [0.717, 1.165) is 19.0 Å². The van der Waals surface area contributed by atoms with E-state index < -0.39 is 0 Å². The summed E-state index contributed by atoms with van der Waals surface area (Å²) in [7, 11) is 0. The molecule has 0 spiro atoms. The molecule has 88 valence electrons. The maximum atomic E-state index is 5.96. The Hall–Kier alpha value is 0.110. The first-order chi connectivity index (χ1) is 7.75. The molecule has 1 atom stereocenters. The van der Waals surface area contributed by atoms with Crippen molar-refractivity contribution < 1.29 is 0 Å². The summed E-state index contributed by atoms with van der Waals surface area (Å²) in [6.07, 6.45) is 1.35. The lowest BCUT2D eigenvalue weighted by Crippen LogP contribution is -2.22. The Bertz CT molecular complexity index is 351. The van der Waals surface area contributed by atoms with Crippen molar-refractivity contribution in [3.05, 3.63) is 33.8 Å². The first-order valence-electron chi connectivity index (χ1n) is 5.48. The molecule has 1 aromatic carbocycles. The lowest BCUT2D eigenvalue weighted by atomic mass is 10.1. The van der Waals surface area contributed by atoms with Gasteiger partial charge in [0.1, 0.15) is 0 Å². The first kappa shape index (κ1) is 12.6. The van der Waals surface area contributed by atoms with E-state index in [9.17, 15) is 0 Å². The van der Waals surface area contributed by atoms with E-state index in [1.54, 1.807) is 0 Å². The largest absolute Gasteiger partial charge is 0.312 e. The molecule has 1 aliphatic heterocycles. The first-order valence-corrected chi connectivity index (χ1v) is 7.39. The van der Waals surface area contributed by atoms with Crippen LogP contribution < -0.4 is 5.32 Å². The van der Waals surface area contributed by atoms with Gasteiger partial charge in [-0.25, -0.2) is 0 Å². The van der Waals surface area contributed by atoms with Gasteiger partial charge in [-0.3, -0.25) is 0 Å². The Kier molecular flexibility index (Phi) is 4.83. The summed E-state index contributed by atoms with van der Waals surface area (Å²) in [5.74, 6) is 3.46. The van der Waals surface area contributed by atoms with E-state index >= 15 is 0 Å². The summed E-state index contributed by atoms with van der Waals surface area (Å²) in [5, 5.41) is 4.73. The van der Waals surface area contributed by atoms with Crippen molar-refractivity contribution in [1.29, 1.82) is 0 Å². The zero-order valence-corrected chi connectivity index (χ0v) is 11.3. The molecule has 1 heterocycles. The second-order valence-electron chi connectivity index (χ2n) is 4.11. The second kappa shape index (κ2) is 6.15. The number of nitrogens with one attached hydrogen (secondary N) is 1. The number of benzene rings is 1. The van der Waals surface area contributed by atoms with Crippen LogP contribution in [0.2, 0.25) is 10.0 Å². The molecule has 1 unspecified atom stereocenters. The molecule has 4 heteroatoms. The summed E-state index contributed by atoms with van der Waals surface area (Å²) in [6, 6.07) is 5.80. The molecule has 1 aliphatic rings. The van der Waals surface area contributed by atoms with Crippen molar-refractivity contribution in [3.8, 4) is 0 Å². The maximum Gasteiger partial charge on any atom is 0.0595 e. The lowest BCUT2D eigenvalue weighted by Gasteiger charge is -2.10. The van der Waals surface area contributed by atoms with E-state index in [-0.39, 0.29) is 0 Å². The highest BCUT2D eigenvalue weighted by atomic mass is 35.5. The topological polar surface area (TPSA) is 12.0 Å². The van der Waals surface area contributed by atoms with Gasteiger partial charge in [-0.2, -0.15) is 11.8 Å². The van der Waals surface area contributed by atoms with Crippen LogP contribution in [-0.2, 0) is 6.54 Å². The van der Waals surface area contributed by atoms with Crippen molar-refractivity contribution in [2.45, 2.75) is 13.0 Å². The van der Waals surface area contributed by atoms with E-state index in [2.05, 4.69) is 17.1 Å². The van der Waals surface area contributed by atoms with Crippen molar-refractivity contribution in [3.63, 3.8) is 0 Å². The van der Waals surface area contributed by atoms with E-state index in [4.69, 9.17) is 23.2 Å². The van der Waals surface area contributed by atoms with Crippen molar-refractivity contribution in [1.82, 2.24) is 5.32 Å². The standard InChI is InChI=1S/C12H15Cl2NS/c13-11-2-1-9(5-12(11)14)6-15-7-10-3-4-16-8-10/h1-2,5,10,15H,3-4,6-8H2. The summed E-state index contributed by atoms with van der Waals surface area (Å²) in [6.45, 7) is 1.98. The SMILES string of the molecule is Clc1ccc(CNCC2CCSC2)cc1Cl. The second-order valence-corrected chi connectivity index (χ2v) is 6.07. The average Bonchev–Trinajstić information content (AvgIpc) is 2.76. The Morgan fingerprint density at radius 3 is 2.88 bits per heavy atom. The number of hydrogen-bond donors (Lipinski definition) is 1. The van der Waals surface area contributed by atoms with Gasteiger partial charge in [0.2, 0.25) is 0 Å². The van der Waals surface area contributed by atoms with Crippen molar-refractivity contribution in [2.75, 3.05) is 18.1 Å². The highest BCUT2D eigenvalue weighted by Gasteiger charge is 2.14. The Morgan fingerprint density at radius 1 is 1.31 bits per heavy atom. The number of rotatable bonds is 4. The van der Waals surface area contributed by atoms with E-state index in [0.29, 0.717) is 10.0 Å². The monoisotopic (exact) mass is 275 g/mol. The van der Waals surface area contributed by atoms with Crippen LogP contribution in [0.1, 0.15) is 12.0 Å². The van der Waals surface area contributed by atoms with Gasteiger partial charge in [0, 0.05) is 6.54 Å². The fourth-order valence-electron chi connectivity index (χ4n) is 1.81. The fraction of sp³-hybridized carbons (Fsp3) is 0.500. The van der Waals surface area contributed by atoms with Crippen LogP contribution in [-0.4, -0.2) is 18.1 Å². The van der Waals surface area contributed by atoms with Gasteiger partial charge in [0.05, 0.1) is 10.0 Å². The van der Waals surface area contributed by atoms with Crippen LogP contribution in [0.25, 0.3) is 0 Å². The molecule has 1 N–H and O–H groups in total. The van der Waals surface area contributed by atoms with Crippen molar-refractivity contribution >= 4 is 35.0 Å². The van der Waals surface area contributed by atoms with Crippen LogP contribution in [0.4, 0.5) is 0 Å².